The van der Waals surface area contributed by atoms with Crippen molar-refractivity contribution in [1.29, 1.82) is 0 Å². The molecule has 0 spiro atoms. The molecule has 0 radical (unpaired) electrons. The molecule has 0 bridgehead atoms. The Balaban J connectivity index is 1.82. The number of amides is 1. The van der Waals surface area contributed by atoms with Crippen LogP contribution in [0.25, 0.3) is 0 Å². The van der Waals surface area contributed by atoms with Crippen molar-refractivity contribution in [3.05, 3.63) is 46.2 Å². The normalized spacial score (nSPS) is 12.2. The molecule has 2 rings (SSSR count). The highest BCUT2D eigenvalue weighted by Crippen LogP contribution is 2.18. The van der Waals surface area contributed by atoms with Gasteiger partial charge in [-0.1, -0.05) is 0 Å². The Labute approximate surface area is 166 Å². The first-order valence-electron chi connectivity index (χ1n) is 8.29. The molecule has 10 heteroatoms. The van der Waals surface area contributed by atoms with Crippen molar-refractivity contribution in [3.63, 3.8) is 0 Å². The summed E-state index contributed by atoms with van der Waals surface area (Å²) in [6.45, 7) is 3.29. The molecule has 1 amide bonds. The first-order chi connectivity index (χ1) is 13.1. The van der Waals surface area contributed by atoms with Crippen molar-refractivity contribution in [2.24, 2.45) is 5.14 Å². The van der Waals surface area contributed by atoms with Gasteiger partial charge in [0, 0.05) is 17.0 Å². The maximum Gasteiger partial charge on any atom is 0.307 e. The number of thiophene rings is 1. The summed E-state index contributed by atoms with van der Waals surface area (Å²) in [7, 11) is -3.82. The minimum absolute atomic E-state index is 0.00213. The highest BCUT2D eigenvalue weighted by atomic mass is 32.2. The van der Waals surface area contributed by atoms with Crippen molar-refractivity contribution < 1.29 is 27.5 Å². The summed E-state index contributed by atoms with van der Waals surface area (Å²) in [5, 5.41) is 7.51. The molecule has 0 aliphatic heterocycles. The number of nitrogens with two attached hydrogens (primary N) is 1. The van der Waals surface area contributed by atoms with E-state index in [0.29, 0.717) is 10.6 Å². The van der Waals surface area contributed by atoms with Crippen LogP contribution in [0.2, 0.25) is 0 Å². The van der Waals surface area contributed by atoms with Crippen LogP contribution in [0.4, 0.5) is 5.69 Å². The fourth-order valence-corrected chi connectivity index (χ4v) is 3.56. The molecule has 1 aromatic heterocycles. The van der Waals surface area contributed by atoms with E-state index in [0.717, 1.165) is 4.88 Å². The lowest BCUT2D eigenvalue weighted by atomic mass is 10.2. The number of carbonyl (C=O) groups excluding carboxylic acids is 3. The third-order valence-corrected chi connectivity index (χ3v) is 5.67. The lowest BCUT2D eigenvalue weighted by Crippen LogP contribution is -2.30. The van der Waals surface area contributed by atoms with Crippen LogP contribution >= 0.6 is 11.3 Å². The molecule has 8 nitrogen and oxygen atoms in total. The molecule has 0 fully saturated rings. The summed E-state index contributed by atoms with van der Waals surface area (Å²) in [6.07, 6.45) is -1.21. The van der Waals surface area contributed by atoms with Crippen molar-refractivity contribution >= 4 is 44.7 Å². The molecule has 0 unspecified atom stereocenters. The van der Waals surface area contributed by atoms with Gasteiger partial charge in [0.15, 0.2) is 11.9 Å². The fraction of sp³-hybridized carbons (Fsp3) is 0.278. The molecule has 1 aromatic carbocycles. The van der Waals surface area contributed by atoms with E-state index in [9.17, 15) is 22.8 Å². The predicted octanol–water partition coefficient (Wildman–Crippen LogP) is 2.24. The van der Waals surface area contributed by atoms with E-state index >= 15 is 0 Å². The minimum atomic E-state index is -3.82. The number of carbonyl (C=O) groups is 3. The van der Waals surface area contributed by atoms with Gasteiger partial charge in [-0.15, -0.1) is 11.3 Å². The van der Waals surface area contributed by atoms with Crippen LogP contribution in [0.15, 0.2) is 41.3 Å². The topological polar surface area (TPSA) is 133 Å². The minimum Gasteiger partial charge on any atom is -0.453 e. The van der Waals surface area contributed by atoms with E-state index in [1.54, 1.807) is 6.07 Å². The van der Waals surface area contributed by atoms with Crippen LogP contribution < -0.4 is 10.5 Å². The monoisotopic (exact) mass is 424 g/mol. The Morgan fingerprint density at radius 2 is 1.75 bits per heavy atom. The molecule has 0 aliphatic carbocycles. The number of primary sulfonamides is 1. The summed E-state index contributed by atoms with van der Waals surface area (Å²) in [4.78, 5) is 37.5. The van der Waals surface area contributed by atoms with Gasteiger partial charge in [-0.05, 0) is 50.2 Å². The van der Waals surface area contributed by atoms with Crippen LogP contribution in [-0.2, 0) is 24.3 Å². The maximum atomic E-state index is 12.1. The standard InChI is InChI=1S/C18H20N2O6S2/c1-11-3-9-16(27-11)15(21)8-10-17(22)26-12(2)18(23)20-13-4-6-14(7-5-13)28(19,24)25/h3-7,9,12H,8,10H2,1-2H3,(H,20,23)(H2,19,24,25)/t12-/m0/s1. The Hall–Kier alpha value is -2.56. The van der Waals surface area contributed by atoms with Gasteiger partial charge in [0.25, 0.3) is 5.91 Å². The van der Waals surface area contributed by atoms with Gasteiger partial charge in [0.1, 0.15) is 0 Å². The van der Waals surface area contributed by atoms with Crippen molar-refractivity contribution in [2.75, 3.05) is 5.32 Å². The van der Waals surface area contributed by atoms with Crippen LogP contribution in [0.5, 0.6) is 0 Å². The number of benzene rings is 1. The highest BCUT2D eigenvalue weighted by molar-refractivity contribution is 7.89. The lowest BCUT2D eigenvalue weighted by molar-refractivity contribution is -0.153. The van der Waals surface area contributed by atoms with Crippen molar-refractivity contribution in [1.82, 2.24) is 0 Å². The molecule has 28 heavy (non-hydrogen) atoms. The van der Waals surface area contributed by atoms with E-state index in [4.69, 9.17) is 9.88 Å². The molecule has 0 aliphatic rings. The number of sulfonamides is 1. The zero-order valence-electron chi connectivity index (χ0n) is 15.3. The van der Waals surface area contributed by atoms with Gasteiger partial charge in [-0.3, -0.25) is 14.4 Å². The average Bonchev–Trinajstić information content (AvgIpc) is 3.05. The van der Waals surface area contributed by atoms with Gasteiger partial charge in [0.2, 0.25) is 10.0 Å². The number of rotatable bonds is 8. The molecular formula is C18H20N2O6S2. The number of hydrogen-bond donors (Lipinski definition) is 2. The Kier molecular flexibility index (Phi) is 7.05. The van der Waals surface area contributed by atoms with Gasteiger partial charge in [-0.2, -0.15) is 0 Å². The molecule has 150 valence electrons. The molecule has 2 aromatic rings. The first kappa shape index (κ1) is 21.7. The van der Waals surface area contributed by atoms with E-state index in [-0.39, 0.29) is 23.5 Å². The lowest BCUT2D eigenvalue weighted by Gasteiger charge is -2.13. The summed E-state index contributed by atoms with van der Waals surface area (Å²) >= 11 is 1.36. The SMILES string of the molecule is Cc1ccc(C(=O)CCC(=O)O[C@@H](C)C(=O)Nc2ccc(S(N)(=O)=O)cc2)s1. The van der Waals surface area contributed by atoms with E-state index in [2.05, 4.69) is 5.32 Å². The predicted molar refractivity (Wildman–Crippen MR) is 105 cm³/mol. The molecule has 0 saturated carbocycles. The van der Waals surface area contributed by atoms with Crippen LogP contribution in [0.3, 0.4) is 0 Å². The number of anilines is 1. The summed E-state index contributed by atoms with van der Waals surface area (Å²) in [6, 6.07) is 8.78. The number of ketones is 1. The third kappa shape index (κ3) is 6.25. The van der Waals surface area contributed by atoms with Crippen LogP contribution in [0, 0.1) is 6.92 Å². The van der Waals surface area contributed by atoms with Crippen molar-refractivity contribution in [2.45, 2.75) is 37.7 Å². The summed E-state index contributed by atoms with van der Waals surface area (Å²) < 4.78 is 27.5. The molecule has 0 saturated heterocycles. The van der Waals surface area contributed by atoms with Crippen LogP contribution in [-0.4, -0.2) is 32.2 Å². The average molecular weight is 425 g/mol. The van der Waals surface area contributed by atoms with Gasteiger partial charge < -0.3 is 10.1 Å². The number of hydrogen-bond acceptors (Lipinski definition) is 7. The van der Waals surface area contributed by atoms with Crippen LogP contribution in [0.1, 0.15) is 34.3 Å². The Bertz CT molecular complexity index is 980. The quantitative estimate of drug-likeness (QED) is 0.493. The molecule has 3 N–H and O–H groups in total. The van der Waals surface area contributed by atoms with E-state index in [1.165, 1.54) is 42.5 Å². The first-order valence-corrected chi connectivity index (χ1v) is 10.7. The van der Waals surface area contributed by atoms with Crippen molar-refractivity contribution in [3.8, 4) is 0 Å². The van der Waals surface area contributed by atoms with Gasteiger partial charge >= 0.3 is 5.97 Å². The van der Waals surface area contributed by atoms with E-state index in [1.807, 2.05) is 13.0 Å². The summed E-state index contributed by atoms with van der Waals surface area (Å²) in [5.74, 6) is -1.40. The second-order valence-electron chi connectivity index (χ2n) is 6.02. The zero-order chi connectivity index (χ0) is 20.9. The summed E-state index contributed by atoms with van der Waals surface area (Å²) in [5.41, 5.74) is 0.323. The second-order valence-corrected chi connectivity index (χ2v) is 8.87. The molecule has 1 heterocycles. The molecular weight excluding hydrogens is 404 g/mol. The maximum absolute atomic E-state index is 12.1. The fourth-order valence-electron chi connectivity index (χ4n) is 2.20. The number of Topliss-reactive ketones (excluding diaryl/α,β-unsaturated/α-hetero) is 1. The smallest absolute Gasteiger partial charge is 0.307 e. The number of ether oxygens (including phenoxy) is 1. The zero-order valence-corrected chi connectivity index (χ0v) is 16.9. The Morgan fingerprint density at radius 3 is 2.29 bits per heavy atom. The second kappa shape index (κ2) is 9.09. The number of nitrogens with one attached hydrogen (secondary N) is 1. The van der Waals surface area contributed by atoms with Gasteiger partial charge in [-0.25, -0.2) is 13.6 Å². The number of aryl methyl sites for hydroxylation is 1. The molecule has 1 atom stereocenters. The van der Waals surface area contributed by atoms with E-state index < -0.39 is 28.0 Å². The Morgan fingerprint density at radius 1 is 1.11 bits per heavy atom. The number of esters is 1. The highest BCUT2D eigenvalue weighted by Gasteiger charge is 2.19. The third-order valence-electron chi connectivity index (χ3n) is 3.70. The largest absolute Gasteiger partial charge is 0.453 e. The van der Waals surface area contributed by atoms with Gasteiger partial charge in [0.05, 0.1) is 16.2 Å².